The van der Waals surface area contributed by atoms with Crippen molar-refractivity contribution in [2.75, 3.05) is 39.3 Å². The molecular formula is C20H27N3O5S. The molecule has 0 saturated carbocycles. The predicted molar refractivity (Wildman–Crippen MR) is 108 cm³/mol. The minimum atomic E-state index is -3.59. The van der Waals surface area contributed by atoms with Gasteiger partial charge in [-0.25, -0.2) is 8.42 Å². The summed E-state index contributed by atoms with van der Waals surface area (Å²) in [4.78, 5) is 14.4. The maximum atomic E-state index is 12.8. The van der Waals surface area contributed by atoms with Crippen molar-refractivity contribution in [3.63, 3.8) is 0 Å². The molecule has 1 aliphatic heterocycles. The fourth-order valence-corrected chi connectivity index (χ4v) is 4.61. The van der Waals surface area contributed by atoms with Crippen LogP contribution in [-0.4, -0.2) is 62.9 Å². The average Bonchev–Trinajstić information content (AvgIpc) is 3.27. The van der Waals surface area contributed by atoms with Crippen molar-refractivity contribution >= 4 is 15.9 Å². The number of furan rings is 1. The molecule has 0 unspecified atom stereocenters. The van der Waals surface area contributed by atoms with Crippen LogP contribution in [0.1, 0.15) is 25.6 Å². The Kier molecular flexibility index (Phi) is 6.94. The zero-order chi connectivity index (χ0) is 20.9. The summed E-state index contributed by atoms with van der Waals surface area (Å²) < 4.78 is 37.8. The Hall–Kier alpha value is -2.36. The largest absolute Gasteiger partial charge is 0.494 e. The molecule has 0 spiro atoms. The summed E-state index contributed by atoms with van der Waals surface area (Å²) in [5, 5.41) is 3.14. The minimum absolute atomic E-state index is 0.0541. The lowest BCUT2D eigenvalue weighted by atomic mass is 10.2. The van der Waals surface area contributed by atoms with E-state index < -0.39 is 10.0 Å². The van der Waals surface area contributed by atoms with Gasteiger partial charge < -0.3 is 14.1 Å². The van der Waals surface area contributed by atoms with Crippen molar-refractivity contribution in [1.82, 2.24) is 14.5 Å². The van der Waals surface area contributed by atoms with Crippen LogP contribution in [0.5, 0.6) is 5.75 Å². The summed E-state index contributed by atoms with van der Waals surface area (Å²) in [5.41, 5.74) is 0. The van der Waals surface area contributed by atoms with Gasteiger partial charge in [0, 0.05) is 26.2 Å². The van der Waals surface area contributed by atoms with E-state index in [2.05, 4.69) is 5.32 Å². The number of nitrogens with zero attached hydrogens (tertiary/aromatic N) is 2. The number of carbonyl (C=O) groups is 1. The molecule has 1 aromatic heterocycles. The molecule has 1 saturated heterocycles. The highest BCUT2D eigenvalue weighted by Crippen LogP contribution is 2.21. The molecule has 0 aliphatic carbocycles. The van der Waals surface area contributed by atoms with Crippen molar-refractivity contribution in [2.24, 2.45) is 0 Å². The van der Waals surface area contributed by atoms with E-state index in [0.29, 0.717) is 25.4 Å². The number of sulfonamides is 1. The van der Waals surface area contributed by atoms with Crippen molar-refractivity contribution in [1.29, 1.82) is 0 Å². The highest BCUT2D eigenvalue weighted by molar-refractivity contribution is 7.89. The number of carbonyl (C=O) groups excluding carboxylic acids is 1. The number of piperazine rings is 1. The van der Waals surface area contributed by atoms with Crippen molar-refractivity contribution < 1.29 is 22.4 Å². The molecule has 29 heavy (non-hydrogen) atoms. The van der Waals surface area contributed by atoms with Crippen LogP contribution >= 0.6 is 0 Å². The molecule has 1 fully saturated rings. The minimum Gasteiger partial charge on any atom is -0.494 e. The molecule has 1 N–H and O–H groups in total. The molecule has 2 heterocycles. The fraction of sp³-hybridized carbons (Fsp3) is 0.450. The molecule has 0 radical (unpaired) electrons. The van der Waals surface area contributed by atoms with Gasteiger partial charge in [-0.3, -0.25) is 10.1 Å². The lowest BCUT2D eigenvalue weighted by molar-refractivity contribution is -0.131. The fourth-order valence-electron chi connectivity index (χ4n) is 3.19. The van der Waals surface area contributed by atoms with Crippen LogP contribution in [0.4, 0.5) is 0 Å². The van der Waals surface area contributed by atoms with Gasteiger partial charge in [-0.05, 0) is 50.2 Å². The number of rotatable bonds is 8. The van der Waals surface area contributed by atoms with Crippen LogP contribution in [0.3, 0.4) is 0 Å². The van der Waals surface area contributed by atoms with Crippen LogP contribution in [0, 0.1) is 0 Å². The Labute approximate surface area is 171 Å². The highest BCUT2D eigenvalue weighted by atomic mass is 32.2. The number of benzene rings is 1. The molecule has 0 bridgehead atoms. The first kappa shape index (κ1) is 21.4. The third-order valence-corrected chi connectivity index (χ3v) is 6.81. The van der Waals surface area contributed by atoms with Crippen LogP contribution in [0.25, 0.3) is 0 Å². The van der Waals surface area contributed by atoms with Gasteiger partial charge in [-0.15, -0.1) is 0 Å². The van der Waals surface area contributed by atoms with E-state index in [9.17, 15) is 13.2 Å². The molecule has 1 aromatic carbocycles. The third kappa shape index (κ3) is 5.17. The second kappa shape index (κ2) is 9.43. The number of amides is 1. The Morgan fingerprint density at radius 1 is 1.17 bits per heavy atom. The Morgan fingerprint density at radius 2 is 1.86 bits per heavy atom. The predicted octanol–water partition coefficient (Wildman–Crippen LogP) is 1.86. The van der Waals surface area contributed by atoms with Gasteiger partial charge in [0.2, 0.25) is 15.9 Å². The first-order valence-electron chi connectivity index (χ1n) is 9.69. The van der Waals surface area contributed by atoms with Gasteiger partial charge in [0.05, 0.1) is 30.4 Å². The molecular weight excluding hydrogens is 394 g/mol. The molecule has 1 amide bonds. The highest BCUT2D eigenvalue weighted by Gasteiger charge is 2.30. The normalized spacial score (nSPS) is 16.6. The van der Waals surface area contributed by atoms with E-state index in [1.165, 1.54) is 4.31 Å². The standard InChI is InChI=1S/C20H27N3O5S/c1-3-27-17-6-8-18(9-7-17)29(25,26)23-12-10-22(11-13-23)20(24)15-21-16(2)19-5-4-14-28-19/h4-9,14,16,21H,3,10-13,15H2,1-2H3/t16-/m0/s1. The molecule has 1 aliphatic rings. The monoisotopic (exact) mass is 421 g/mol. The van der Waals surface area contributed by atoms with Crippen molar-refractivity contribution in [3.8, 4) is 5.75 Å². The lowest BCUT2D eigenvalue weighted by Crippen LogP contribution is -2.52. The van der Waals surface area contributed by atoms with Gasteiger partial charge in [0.15, 0.2) is 0 Å². The van der Waals surface area contributed by atoms with Gasteiger partial charge in [0.25, 0.3) is 0 Å². The Balaban J connectivity index is 1.51. The number of hydrogen-bond donors (Lipinski definition) is 1. The maximum Gasteiger partial charge on any atom is 0.243 e. The quantitative estimate of drug-likeness (QED) is 0.700. The van der Waals surface area contributed by atoms with E-state index in [1.54, 1.807) is 41.5 Å². The molecule has 158 valence electrons. The lowest BCUT2D eigenvalue weighted by Gasteiger charge is -2.34. The van der Waals surface area contributed by atoms with Crippen LogP contribution < -0.4 is 10.1 Å². The topological polar surface area (TPSA) is 92.1 Å². The van der Waals surface area contributed by atoms with Gasteiger partial charge >= 0.3 is 0 Å². The summed E-state index contributed by atoms with van der Waals surface area (Å²) >= 11 is 0. The zero-order valence-corrected chi connectivity index (χ0v) is 17.5. The smallest absolute Gasteiger partial charge is 0.243 e. The molecule has 3 rings (SSSR count). The van der Waals surface area contributed by atoms with E-state index in [1.807, 2.05) is 19.9 Å². The number of ether oxygens (including phenoxy) is 1. The summed E-state index contributed by atoms with van der Waals surface area (Å²) in [7, 11) is -3.59. The van der Waals surface area contributed by atoms with Crippen LogP contribution in [0.2, 0.25) is 0 Å². The maximum absolute atomic E-state index is 12.8. The second-order valence-electron chi connectivity index (χ2n) is 6.81. The number of hydrogen-bond acceptors (Lipinski definition) is 6. The SMILES string of the molecule is CCOc1ccc(S(=O)(=O)N2CCN(C(=O)CN[C@@H](C)c3ccco3)CC2)cc1. The molecule has 9 heteroatoms. The van der Waals surface area contributed by atoms with Crippen molar-refractivity contribution in [3.05, 3.63) is 48.4 Å². The second-order valence-corrected chi connectivity index (χ2v) is 8.75. The molecule has 2 aromatic rings. The van der Waals surface area contributed by atoms with Crippen molar-refractivity contribution in [2.45, 2.75) is 24.8 Å². The zero-order valence-electron chi connectivity index (χ0n) is 16.7. The van der Waals surface area contributed by atoms with E-state index in [4.69, 9.17) is 9.15 Å². The number of nitrogens with one attached hydrogen (secondary N) is 1. The van der Waals surface area contributed by atoms with Crippen LogP contribution in [-0.2, 0) is 14.8 Å². The van der Waals surface area contributed by atoms with Crippen LogP contribution in [0.15, 0.2) is 52.0 Å². The first-order valence-corrected chi connectivity index (χ1v) is 11.1. The van der Waals surface area contributed by atoms with E-state index in [-0.39, 0.29) is 36.5 Å². The first-order chi connectivity index (χ1) is 13.9. The third-order valence-electron chi connectivity index (χ3n) is 4.89. The summed E-state index contributed by atoms with van der Waals surface area (Å²) in [6.45, 7) is 5.78. The Morgan fingerprint density at radius 3 is 2.45 bits per heavy atom. The van der Waals surface area contributed by atoms with Gasteiger partial charge in [0.1, 0.15) is 11.5 Å². The van der Waals surface area contributed by atoms with E-state index >= 15 is 0 Å². The summed E-state index contributed by atoms with van der Waals surface area (Å²) in [6, 6.07) is 10.0. The molecule has 1 atom stereocenters. The summed E-state index contributed by atoms with van der Waals surface area (Å²) in [6.07, 6.45) is 1.60. The molecule has 8 nitrogen and oxygen atoms in total. The Bertz CT molecular complexity index is 889. The van der Waals surface area contributed by atoms with Gasteiger partial charge in [-0.2, -0.15) is 4.31 Å². The van der Waals surface area contributed by atoms with Gasteiger partial charge in [-0.1, -0.05) is 0 Å². The average molecular weight is 422 g/mol. The van der Waals surface area contributed by atoms with E-state index in [0.717, 1.165) is 5.76 Å². The summed E-state index contributed by atoms with van der Waals surface area (Å²) in [5.74, 6) is 1.35.